The molecule has 0 unspecified atom stereocenters. The number of pyridine rings is 1. The molecule has 24 heavy (non-hydrogen) atoms. The van der Waals surface area contributed by atoms with E-state index in [4.69, 9.17) is 4.74 Å². The molecule has 0 atom stereocenters. The molecule has 3 rings (SSSR count). The number of hydrogen-bond donors (Lipinski definition) is 1. The Morgan fingerprint density at radius 3 is 2.50 bits per heavy atom. The first-order chi connectivity index (χ1) is 11.7. The number of benzene rings is 2. The van der Waals surface area contributed by atoms with Gasteiger partial charge in [-0.05, 0) is 42.0 Å². The van der Waals surface area contributed by atoms with Gasteiger partial charge in [0.15, 0.2) is 0 Å². The molecular weight excluding hydrogens is 304 g/mol. The van der Waals surface area contributed by atoms with Gasteiger partial charge < -0.3 is 10.1 Å². The van der Waals surface area contributed by atoms with Crippen LogP contribution in [-0.2, 0) is 4.74 Å². The maximum atomic E-state index is 12.4. The summed E-state index contributed by atoms with van der Waals surface area (Å²) in [4.78, 5) is 28.1. The Hall–Kier alpha value is -3.21. The van der Waals surface area contributed by atoms with Crippen molar-refractivity contribution in [2.75, 3.05) is 11.9 Å². The van der Waals surface area contributed by atoms with Crippen LogP contribution in [0, 0.1) is 0 Å². The summed E-state index contributed by atoms with van der Waals surface area (Å²) in [6.07, 6.45) is 0. The summed E-state index contributed by atoms with van der Waals surface area (Å²) in [7, 11) is 0. The molecule has 120 valence electrons. The number of hydrogen-bond acceptors (Lipinski definition) is 4. The summed E-state index contributed by atoms with van der Waals surface area (Å²) in [5.74, 6) is -0.922. The van der Waals surface area contributed by atoms with Gasteiger partial charge in [0.25, 0.3) is 5.91 Å². The van der Waals surface area contributed by atoms with Gasteiger partial charge in [-0.1, -0.05) is 36.4 Å². The fourth-order valence-corrected chi connectivity index (χ4v) is 2.34. The maximum absolute atomic E-state index is 12.4. The lowest BCUT2D eigenvalue weighted by Crippen LogP contribution is -2.16. The lowest BCUT2D eigenvalue weighted by Gasteiger charge is -2.07. The molecule has 0 bridgehead atoms. The predicted octanol–water partition coefficient (Wildman–Crippen LogP) is 3.66. The Kier molecular flexibility index (Phi) is 4.52. The van der Waals surface area contributed by atoms with Crippen LogP contribution in [0.15, 0.2) is 60.7 Å². The van der Waals surface area contributed by atoms with E-state index >= 15 is 0 Å². The molecule has 3 aromatic rings. The number of ether oxygens (including phenoxy) is 1. The minimum absolute atomic E-state index is 0.114. The maximum Gasteiger partial charge on any atom is 0.356 e. The van der Waals surface area contributed by atoms with Gasteiger partial charge in [-0.25, -0.2) is 9.78 Å². The van der Waals surface area contributed by atoms with Crippen molar-refractivity contribution < 1.29 is 14.3 Å². The van der Waals surface area contributed by atoms with Gasteiger partial charge in [-0.3, -0.25) is 4.79 Å². The standard InChI is InChI=1S/C19H16N2O3/c1-2-24-19(23)17-9-5-8-16(21-17)18(22)20-15-11-10-13-6-3-4-7-14(13)12-15/h3-12H,2H2,1H3,(H,20,22). The molecule has 0 radical (unpaired) electrons. The molecule has 5 heteroatoms. The first-order valence-corrected chi connectivity index (χ1v) is 7.61. The van der Waals surface area contributed by atoms with Gasteiger partial charge in [0.05, 0.1) is 6.61 Å². The number of carbonyl (C=O) groups is 2. The molecular formula is C19H16N2O3. The number of rotatable bonds is 4. The van der Waals surface area contributed by atoms with Crippen molar-refractivity contribution in [3.63, 3.8) is 0 Å². The van der Waals surface area contributed by atoms with E-state index in [1.807, 2.05) is 42.5 Å². The van der Waals surface area contributed by atoms with Crippen LogP contribution < -0.4 is 5.32 Å². The van der Waals surface area contributed by atoms with Gasteiger partial charge in [0.2, 0.25) is 0 Å². The van der Waals surface area contributed by atoms with Crippen molar-refractivity contribution in [2.24, 2.45) is 0 Å². The van der Waals surface area contributed by atoms with Crippen molar-refractivity contribution in [3.05, 3.63) is 72.1 Å². The van der Waals surface area contributed by atoms with E-state index in [0.29, 0.717) is 5.69 Å². The number of anilines is 1. The zero-order valence-corrected chi connectivity index (χ0v) is 13.2. The van der Waals surface area contributed by atoms with Crippen molar-refractivity contribution >= 4 is 28.3 Å². The van der Waals surface area contributed by atoms with Crippen LogP contribution in [-0.4, -0.2) is 23.5 Å². The van der Waals surface area contributed by atoms with Gasteiger partial charge in [0, 0.05) is 5.69 Å². The molecule has 0 spiro atoms. The first-order valence-electron chi connectivity index (χ1n) is 7.61. The monoisotopic (exact) mass is 320 g/mol. The Morgan fingerprint density at radius 1 is 0.958 bits per heavy atom. The molecule has 1 aromatic heterocycles. The highest BCUT2D eigenvalue weighted by Crippen LogP contribution is 2.19. The van der Waals surface area contributed by atoms with Crippen LogP contribution in [0.5, 0.6) is 0 Å². The molecule has 2 aromatic carbocycles. The zero-order valence-electron chi connectivity index (χ0n) is 13.2. The Labute approximate surface area is 139 Å². The number of esters is 1. The van der Waals surface area contributed by atoms with E-state index in [1.165, 1.54) is 6.07 Å². The highest BCUT2D eigenvalue weighted by Gasteiger charge is 2.13. The third-order valence-corrected chi connectivity index (χ3v) is 3.47. The second kappa shape index (κ2) is 6.91. The largest absolute Gasteiger partial charge is 0.461 e. The second-order valence-electron chi connectivity index (χ2n) is 5.14. The lowest BCUT2D eigenvalue weighted by atomic mass is 10.1. The van der Waals surface area contributed by atoms with Crippen LogP contribution in [0.25, 0.3) is 10.8 Å². The van der Waals surface area contributed by atoms with Gasteiger partial charge in [-0.2, -0.15) is 0 Å². The summed E-state index contributed by atoms with van der Waals surface area (Å²) < 4.78 is 4.90. The molecule has 0 aliphatic rings. The zero-order chi connectivity index (χ0) is 16.9. The third-order valence-electron chi connectivity index (χ3n) is 3.47. The van der Waals surface area contributed by atoms with Crippen LogP contribution >= 0.6 is 0 Å². The predicted molar refractivity (Wildman–Crippen MR) is 92.1 cm³/mol. The quantitative estimate of drug-likeness (QED) is 0.745. The number of nitrogens with one attached hydrogen (secondary N) is 1. The molecule has 0 saturated heterocycles. The van der Waals surface area contributed by atoms with Crippen molar-refractivity contribution in [1.29, 1.82) is 0 Å². The Bertz CT molecular complexity index is 906. The van der Waals surface area contributed by atoms with Crippen molar-refractivity contribution in [1.82, 2.24) is 4.98 Å². The first kappa shape index (κ1) is 15.7. The number of carbonyl (C=O) groups excluding carboxylic acids is 2. The number of nitrogens with zero attached hydrogens (tertiary/aromatic N) is 1. The molecule has 1 N–H and O–H groups in total. The molecule has 0 aliphatic carbocycles. The minimum atomic E-state index is -0.544. The van der Waals surface area contributed by atoms with Crippen LogP contribution in [0.2, 0.25) is 0 Å². The fraction of sp³-hybridized carbons (Fsp3) is 0.105. The number of amides is 1. The molecule has 0 fully saturated rings. The fourth-order valence-electron chi connectivity index (χ4n) is 2.34. The number of fused-ring (bicyclic) bond motifs is 1. The van der Waals surface area contributed by atoms with E-state index in [9.17, 15) is 9.59 Å². The molecule has 1 heterocycles. The topological polar surface area (TPSA) is 68.3 Å². The summed E-state index contributed by atoms with van der Waals surface area (Å²) in [5.41, 5.74) is 0.943. The van der Waals surface area contributed by atoms with Gasteiger partial charge in [0.1, 0.15) is 11.4 Å². The summed E-state index contributed by atoms with van der Waals surface area (Å²) in [6.45, 7) is 1.97. The van der Waals surface area contributed by atoms with Crippen LogP contribution in [0.1, 0.15) is 27.9 Å². The average molecular weight is 320 g/mol. The van der Waals surface area contributed by atoms with E-state index in [0.717, 1.165) is 10.8 Å². The summed E-state index contributed by atoms with van der Waals surface area (Å²) >= 11 is 0. The SMILES string of the molecule is CCOC(=O)c1cccc(C(=O)Nc2ccc3ccccc3c2)n1. The molecule has 0 aliphatic heterocycles. The van der Waals surface area contributed by atoms with E-state index in [-0.39, 0.29) is 23.9 Å². The van der Waals surface area contributed by atoms with Gasteiger partial charge in [-0.15, -0.1) is 0 Å². The Morgan fingerprint density at radius 2 is 1.71 bits per heavy atom. The molecule has 1 amide bonds. The van der Waals surface area contributed by atoms with Gasteiger partial charge >= 0.3 is 5.97 Å². The number of aromatic nitrogens is 1. The van der Waals surface area contributed by atoms with E-state index < -0.39 is 5.97 Å². The van der Waals surface area contributed by atoms with E-state index in [1.54, 1.807) is 19.1 Å². The minimum Gasteiger partial charge on any atom is -0.461 e. The summed E-state index contributed by atoms with van der Waals surface area (Å²) in [5, 5.41) is 4.92. The smallest absolute Gasteiger partial charge is 0.356 e. The summed E-state index contributed by atoms with van der Waals surface area (Å²) in [6, 6.07) is 18.2. The second-order valence-corrected chi connectivity index (χ2v) is 5.14. The third kappa shape index (κ3) is 3.41. The normalized spacial score (nSPS) is 10.4. The van der Waals surface area contributed by atoms with E-state index in [2.05, 4.69) is 10.3 Å². The molecule has 5 nitrogen and oxygen atoms in total. The van der Waals surface area contributed by atoms with Crippen LogP contribution in [0.4, 0.5) is 5.69 Å². The Balaban J connectivity index is 1.81. The van der Waals surface area contributed by atoms with Crippen molar-refractivity contribution in [2.45, 2.75) is 6.92 Å². The average Bonchev–Trinajstić information content (AvgIpc) is 2.62. The lowest BCUT2D eigenvalue weighted by molar-refractivity contribution is 0.0519. The highest BCUT2D eigenvalue weighted by molar-refractivity contribution is 6.04. The highest BCUT2D eigenvalue weighted by atomic mass is 16.5. The van der Waals surface area contributed by atoms with Crippen LogP contribution in [0.3, 0.4) is 0 Å². The van der Waals surface area contributed by atoms with Crippen molar-refractivity contribution in [3.8, 4) is 0 Å². The molecule has 0 saturated carbocycles.